The minimum absolute atomic E-state index is 0.0569. The number of hydrogen-bond acceptors (Lipinski definition) is 8. The number of thioether (sulfide) groups is 1. The van der Waals surface area contributed by atoms with Crippen molar-refractivity contribution >= 4 is 51.2 Å². The number of para-hydroxylation sites is 1. The van der Waals surface area contributed by atoms with E-state index in [2.05, 4.69) is 15.5 Å². The lowest BCUT2D eigenvalue weighted by molar-refractivity contribution is 0.112. The molecule has 0 unspecified atom stereocenters. The predicted octanol–water partition coefficient (Wildman–Crippen LogP) is 3.31. The minimum atomic E-state index is -0.677. The SMILES string of the molecule is CCSc1nnc(Nc2c(C=O)c(=O)oc3ccccc23)s1. The van der Waals surface area contributed by atoms with Crippen LogP contribution in [0.1, 0.15) is 17.3 Å². The van der Waals surface area contributed by atoms with Crippen molar-refractivity contribution < 1.29 is 9.21 Å². The van der Waals surface area contributed by atoms with Gasteiger partial charge in [-0.3, -0.25) is 4.79 Å². The van der Waals surface area contributed by atoms with Gasteiger partial charge in [-0.2, -0.15) is 0 Å². The maximum absolute atomic E-state index is 11.9. The van der Waals surface area contributed by atoms with Crippen LogP contribution in [0.2, 0.25) is 0 Å². The fourth-order valence-electron chi connectivity index (χ4n) is 1.95. The van der Waals surface area contributed by atoms with Gasteiger partial charge in [0.15, 0.2) is 10.6 Å². The smallest absolute Gasteiger partial charge is 0.349 e. The Morgan fingerprint density at radius 2 is 2.18 bits per heavy atom. The zero-order valence-corrected chi connectivity index (χ0v) is 13.2. The van der Waals surface area contributed by atoms with Gasteiger partial charge in [0.2, 0.25) is 5.13 Å². The highest BCUT2D eigenvalue weighted by molar-refractivity contribution is 8.01. The second-order valence-corrected chi connectivity index (χ2v) is 6.71. The number of fused-ring (bicyclic) bond motifs is 1. The normalized spacial score (nSPS) is 10.8. The van der Waals surface area contributed by atoms with Crippen LogP contribution in [0, 0.1) is 0 Å². The first-order valence-corrected chi connectivity index (χ1v) is 8.27. The Balaban J connectivity index is 2.11. The third kappa shape index (κ3) is 2.75. The lowest BCUT2D eigenvalue weighted by atomic mass is 10.1. The van der Waals surface area contributed by atoms with Crippen LogP contribution in [-0.4, -0.2) is 22.2 Å². The van der Waals surface area contributed by atoms with Crippen molar-refractivity contribution in [2.24, 2.45) is 0 Å². The molecule has 0 fully saturated rings. The fraction of sp³-hybridized carbons (Fsp3) is 0.143. The largest absolute Gasteiger partial charge is 0.422 e. The molecule has 0 aliphatic heterocycles. The van der Waals surface area contributed by atoms with Crippen LogP contribution >= 0.6 is 23.1 Å². The van der Waals surface area contributed by atoms with Gasteiger partial charge in [-0.25, -0.2) is 4.79 Å². The Hall–Kier alpha value is -2.19. The number of hydrogen-bond donors (Lipinski definition) is 1. The van der Waals surface area contributed by atoms with E-state index in [1.807, 2.05) is 6.92 Å². The van der Waals surface area contributed by atoms with Gasteiger partial charge in [-0.15, -0.1) is 10.2 Å². The molecular formula is C14H11N3O3S2. The summed E-state index contributed by atoms with van der Waals surface area (Å²) >= 11 is 2.95. The molecule has 1 N–H and O–H groups in total. The van der Waals surface area contributed by atoms with Gasteiger partial charge in [0.1, 0.15) is 11.1 Å². The summed E-state index contributed by atoms with van der Waals surface area (Å²) in [5, 5.41) is 12.3. The number of carbonyl (C=O) groups excluding carboxylic acids is 1. The quantitative estimate of drug-likeness (QED) is 0.435. The first kappa shape index (κ1) is 14.7. The van der Waals surface area contributed by atoms with E-state index in [0.29, 0.717) is 28.1 Å². The summed E-state index contributed by atoms with van der Waals surface area (Å²) in [4.78, 5) is 23.2. The van der Waals surface area contributed by atoms with Gasteiger partial charge in [0, 0.05) is 5.39 Å². The number of aromatic nitrogens is 2. The van der Waals surface area contributed by atoms with Crippen LogP contribution in [0.5, 0.6) is 0 Å². The van der Waals surface area contributed by atoms with E-state index in [0.717, 1.165) is 10.1 Å². The summed E-state index contributed by atoms with van der Waals surface area (Å²) in [5.41, 5.74) is 0.0711. The number of carbonyl (C=O) groups is 1. The third-order valence-electron chi connectivity index (χ3n) is 2.87. The van der Waals surface area contributed by atoms with Crippen LogP contribution < -0.4 is 10.9 Å². The lowest BCUT2D eigenvalue weighted by Gasteiger charge is -2.07. The second kappa shape index (κ2) is 6.29. The van der Waals surface area contributed by atoms with Crippen molar-refractivity contribution in [1.29, 1.82) is 0 Å². The Morgan fingerprint density at radius 1 is 1.36 bits per heavy atom. The maximum atomic E-state index is 11.9. The van der Waals surface area contributed by atoms with Gasteiger partial charge in [0.05, 0.1) is 5.69 Å². The Morgan fingerprint density at radius 3 is 2.95 bits per heavy atom. The molecule has 0 spiro atoms. The highest BCUT2D eigenvalue weighted by Gasteiger charge is 2.15. The monoisotopic (exact) mass is 333 g/mol. The molecule has 3 rings (SSSR count). The number of nitrogens with zero attached hydrogens (tertiary/aromatic N) is 2. The van der Waals surface area contributed by atoms with Crippen LogP contribution in [0.4, 0.5) is 10.8 Å². The summed E-state index contributed by atoms with van der Waals surface area (Å²) in [6.07, 6.45) is 0.489. The Bertz CT molecular complexity index is 888. The molecule has 6 nitrogen and oxygen atoms in total. The lowest BCUT2D eigenvalue weighted by Crippen LogP contribution is -2.10. The second-order valence-electron chi connectivity index (χ2n) is 4.22. The molecule has 8 heteroatoms. The highest BCUT2D eigenvalue weighted by atomic mass is 32.2. The molecule has 0 aliphatic rings. The maximum Gasteiger partial charge on any atom is 0.349 e. The van der Waals surface area contributed by atoms with E-state index in [9.17, 15) is 9.59 Å². The molecule has 0 saturated heterocycles. The van der Waals surface area contributed by atoms with Crippen molar-refractivity contribution in [3.63, 3.8) is 0 Å². The fourth-order valence-corrected chi connectivity index (χ4v) is 3.61. The first-order valence-electron chi connectivity index (χ1n) is 6.47. The number of nitrogens with one attached hydrogen (secondary N) is 1. The van der Waals surface area contributed by atoms with Gasteiger partial charge in [-0.05, 0) is 17.9 Å². The number of benzene rings is 1. The molecule has 2 aromatic heterocycles. The Labute approximate surface area is 133 Å². The molecule has 0 amide bonds. The first-order chi connectivity index (χ1) is 10.7. The molecule has 1 aromatic carbocycles. The molecule has 22 heavy (non-hydrogen) atoms. The number of rotatable bonds is 5. The average Bonchev–Trinajstić information content (AvgIpc) is 2.95. The zero-order chi connectivity index (χ0) is 15.5. The summed E-state index contributed by atoms with van der Waals surface area (Å²) in [6, 6.07) is 7.02. The number of anilines is 2. The topological polar surface area (TPSA) is 85.1 Å². The molecule has 0 radical (unpaired) electrons. The van der Waals surface area contributed by atoms with Crippen LogP contribution in [0.15, 0.2) is 37.8 Å². The van der Waals surface area contributed by atoms with Gasteiger partial charge >= 0.3 is 5.63 Å². The van der Waals surface area contributed by atoms with E-state index < -0.39 is 5.63 Å². The summed E-state index contributed by atoms with van der Waals surface area (Å²) in [7, 11) is 0. The van der Waals surface area contributed by atoms with E-state index in [4.69, 9.17) is 4.42 Å². The van der Waals surface area contributed by atoms with Crippen molar-refractivity contribution in [2.45, 2.75) is 11.3 Å². The molecule has 3 aromatic rings. The van der Waals surface area contributed by atoms with Crippen molar-refractivity contribution in [1.82, 2.24) is 10.2 Å². The number of aldehydes is 1. The predicted molar refractivity (Wildman–Crippen MR) is 87.5 cm³/mol. The molecule has 0 bridgehead atoms. The summed E-state index contributed by atoms with van der Waals surface area (Å²) in [5.74, 6) is 0.895. The van der Waals surface area contributed by atoms with Crippen molar-refractivity contribution in [3.05, 3.63) is 40.2 Å². The van der Waals surface area contributed by atoms with E-state index in [1.165, 1.54) is 11.3 Å². The third-order valence-corrected chi connectivity index (χ3v) is 4.73. The molecular weight excluding hydrogens is 322 g/mol. The average molecular weight is 333 g/mol. The van der Waals surface area contributed by atoms with Crippen molar-refractivity contribution in [3.8, 4) is 0 Å². The molecule has 112 valence electrons. The summed E-state index contributed by atoms with van der Waals surface area (Å²) < 4.78 is 5.97. The molecule has 0 saturated carbocycles. The van der Waals surface area contributed by atoms with Gasteiger partial charge in [0.25, 0.3) is 0 Å². The molecule has 0 aliphatic carbocycles. The van der Waals surface area contributed by atoms with Crippen LogP contribution in [0.25, 0.3) is 11.0 Å². The standard InChI is InChI=1S/C14H11N3O3S2/c1-2-21-14-17-16-13(22-14)15-11-8-5-3-4-6-10(8)20-12(19)9(11)7-18/h3-7H,2H2,1H3,(H,15,16). The minimum Gasteiger partial charge on any atom is -0.422 e. The molecule has 0 atom stereocenters. The van der Waals surface area contributed by atoms with E-state index in [-0.39, 0.29) is 5.56 Å². The molecule has 2 heterocycles. The van der Waals surface area contributed by atoms with Gasteiger partial charge in [-0.1, -0.05) is 42.2 Å². The summed E-state index contributed by atoms with van der Waals surface area (Å²) in [6.45, 7) is 2.03. The van der Waals surface area contributed by atoms with E-state index in [1.54, 1.807) is 36.0 Å². The van der Waals surface area contributed by atoms with Gasteiger partial charge < -0.3 is 9.73 Å². The zero-order valence-electron chi connectivity index (χ0n) is 11.5. The van der Waals surface area contributed by atoms with Crippen molar-refractivity contribution in [2.75, 3.05) is 11.1 Å². The Kier molecular flexibility index (Phi) is 4.21. The highest BCUT2D eigenvalue weighted by Crippen LogP contribution is 2.31. The van der Waals surface area contributed by atoms with Crippen LogP contribution in [0.3, 0.4) is 0 Å². The van der Waals surface area contributed by atoms with E-state index >= 15 is 0 Å². The van der Waals surface area contributed by atoms with Crippen LogP contribution in [-0.2, 0) is 0 Å².